The summed E-state index contributed by atoms with van der Waals surface area (Å²) in [5.74, 6) is 1.66. The molecule has 27 nitrogen and oxygen atoms in total. The van der Waals surface area contributed by atoms with E-state index in [1.807, 2.05) is 63.2 Å². The van der Waals surface area contributed by atoms with Gasteiger partial charge >= 0.3 is 0 Å². The molecule has 0 radical (unpaired) electrons. The van der Waals surface area contributed by atoms with Crippen molar-refractivity contribution in [3.8, 4) is 11.5 Å². The van der Waals surface area contributed by atoms with Crippen molar-refractivity contribution in [2.45, 2.75) is 50.0 Å². The maximum Gasteiger partial charge on any atom is 0.228 e. The van der Waals surface area contributed by atoms with Gasteiger partial charge in [0.05, 0.1) is 34.0 Å². The van der Waals surface area contributed by atoms with E-state index in [9.17, 15) is 0 Å². The zero-order chi connectivity index (χ0) is 36.2. The number of hydrogen-bond donors (Lipinski definition) is 0. The van der Waals surface area contributed by atoms with Crippen molar-refractivity contribution in [1.82, 2.24) is 0 Å². The molecule has 0 saturated heterocycles. The first-order chi connectivity index (χ1) is 24.9. The van der Waals surface area contributed by atoms with Crippen molar-refractivity contribution in [3.05, 3.63) is 121 Å². The Morgan fingerprint density at radius 2 is 0.649 bits per heavy atom. The average molecular weight is 2100 g/mol. The number of nitrogens with zero attached hydrogens (tertiary/aromatic N) is 6. The predicted octanol–water partition coefficient (Wildman–Crippen LogP) is 5.49. The quantitative estimate of drug-likeness (QED) is 0.178. The van der Waals surface area contributed by atoms with Gasteiger partial charge in [0.25, 0.3) is 0 Å². The molecular weight excluding hydrogens is 2050 g/mol. The second-order valence-corrected chi connectivity index (χ2v) is 15.4. The van der Waals surface area contributed by atoms with Crippen LogP contribution in [-0.2, 0) is 255 Å². The van der Waals surface area contributed by atoms with E-state index in [-0.39, 0.29) is 241 Å². The molecule has 6 aromatic rings. The third kappa shape index (κ3) is 17.8. The van der Waals surface area contributed by atoms with Gasteiger partial charge in [-0.25, -0.2) is 9.13 Å². The summed E-state index contributed by atoms with van der Waals surface area (Å²) in [4.78, 5) is 14.3. The second kappa shape index (κ2) is 44.3. The van der Waals surface area contributed by atoms with Crippen LogP contribution < -0.4 is 28.4 Å². The van der Waals surface area contributed by atoms with Crippen LogP contribution in [0, 0.1) is 0 Å². The number of aryl methyl sites for hydroxylation is 2. The molecule has 0 fully saturated rings. The van der Waals surface area contributed by atoms with Crippen LogP contribution in [0.2, 0.25) is 0 Å². The Bertz CT molecular complexity index is 2430. The van der Waals surface area contributed by atoms with Crippen LogP contribution in [0.3, 0.4) is 0 Å². The molecule has 2 atom stereocenters. The molecule has 2 aromatic heterocycles. The minimum atomic E-state index is -0.631. The van der Waals surface area contributed by atoms with E-state index in [0.29, 0.717) is 0 Å². The number of anilines is 2. The molecule has 0 aliphatic carbocycles. The summed E-state index contributed by atoms with van der Waals surface area (Å²) in [6.07, 6.45) is 8.08. The summed E-state index contributed by atoms with van der Waals surface area (Å²) in [5.41, 5.74) is 7.34. The minimum Gasteiger partial charge on any atom is -2.00 e. The van der Waals surface area contributed by atoms with Crippen molar-refractivity contribution in [2.24, 2.45) is 24.1 Å². The number of ether oxygens (including phenoxy) is 2. The van der Waals surface area contributed by atoms with E-state index in [4.69, 9.17) is 19.5 Å². The number of benzene rings is 4. The molecule has 0 saturated carbocycles. The van der Waals surface area contributed by atoms with Crippen molar-refractivity contribution < 1.29 is 249 Å². The number of para-hydroxylation sites is 2. The van der Waals surface area contributed by atoms with Crippen molar-refractivity contribution >= 4 is 57.0 Å². The van der Waals surface area contributed by atoms with E-state index in [1.165, 1.54) is 22.5 Å². The fraction of sp³-hybridized carbons (Fsp3) is 0.273. The third-order valence-corrected chi connectivity index (χ3v) is 12.2. The zero-order valence-electron chi connectivity index (χ0n) is 41.3. The fourth-order valence-electron chi connectivity index (χ4n) is 8.98. The second-order valence-electron chi connectivity index (χ2n) is 15.4. The topological polar surface area (TPSA) is 599 Å². The Morgan fingerprint density at radius 3 is 0.922 bits per heavy atom. The van der Waals surface area contributed by atoms with Gasteiger partial charge in [0.1, 0.15) is 37.0 Å². The first-order valence-electron chi connectivity index (χ1n) is 17.9. The molecule has 0 bridgehead atoms. The molecule has 4 aromatic carbocycles. The molecule has 0 amide bonds. The van der Waals surface area contributed by atoms with Crippen LogP contribution in [0.5, 0.6) is 11.5 Å². The number of pyridine rings is 2. The van der Waals surface area contributed by atoms with Crippen molar-refractivity contribution in [3.63, 3.8) is 0 Å². The predicted molar refractivity (Wildman–Crippen MR) is 222 cm³/mol. The molecule has 2 spiro atoms. The molecule has 6 heterocycles. The van der Waals surface area contributed by atoms with E-state index >= 15 is 0 Å². The molecule has 4 aliphatic rings. The van der Waals surface area contributed by atoms with Gasteiger partial charge < -0.3 is 123 Å². The van der Waals surface area contributed by atoms with Crippen LogP contribution in [0.4, 0.5) is 22.7 Å². The van der Waals surface area contributed by atoms with Crippen LogP contribution in [-0.4, -0.2) is 38.0 Å². The summed E-state index contributed by atoms with van der Waals surface area (Å²) in [7, 11) is 8.28. The summed E-state index contributed by atoms with van der Waals surface area (Å²) in [6, 6.07) is 33.6. The SMILES string of the molecule is CN1c2ccccc2C(C)(C)[C@@]12C=Nc1c(ccc3c1ccc[n+]3C)O2.CN1c2ccccc2C(C)(C)[C@]12C=Nc1c(ccc3c1ccc[n+]3C)O2.[O-2].[O-2].[O-2].[O-2].[O-2].[O-2].[O-2].[O-2].[O-2].[O-2].[O-2].[O-2].[O-2].[O-2].[O-2].[O-2].[O-2].[O-2].[O-2].[W].[W].[W].[W].[W].[W]. The monoisotopic (exact) mass is 2100 g/mol. The van der Waals surface area contributed by atoms with Gasteiger partial charge in [0, 0.05) is 176 Å². The fourth-order valence-corrected chi connectivity index (χ4v) is 8.98. The number of rotatable bonds is 0. The number of aliphatic imine (C=N–C) groups is 2. The summed E-state index contributed by atoms with van der Waals surface area (Å²) in [6.45, 7) is 8.92. The first kappa shape index (κ1) is 122. The van der Waals surface area contributed by atoms with Crippen LogP contribution in [0.25, 0.3) is 21.8 Å². The molecule has 0 unspecified atom stereocenters. The van der Waals surface area contributed by atoms with Crippen LogP contribution in [0.15, 0.2) is 119 Å². The van der Waals surface area contributed by atoms with E-state index in [0.717, 1.165) is 44.7 Å². The van der Waals surface area contributed by atoms with Crippen LogP contribution in [0.1, 0.15) is 38.8 Å². The van der Waals surface area contributed by atoms with Gasteiger partial charge in [-0.15, -0.1) is 0 Å². The average Bonchev–Trinajstić information content (AvgIpc) is 3.41. The number of fused-ring (bicyclic) bond motifs is 8. The van der Waals surface area contributed by atoms with Gasteiger partial charge in [-0.3, -0.25) is 9.98 Å². The summed E-state index contributed by atoms with van der Waals surface area (Å²) in [5, 5.41) is 2.21. The molecule has 33 heteroatoms. The van der Waals surface area contributed by atoms with Gasteiger partial charge in [0.15, 0.2) is 12.4 Å². The molecule has 0 N–H and O–H groups in total. The van der Waals surface area contributed by atoms with Crippen LogP contribution >= 0.6 is 0 Å². The van der Waals surface area contributed by atoms with Gasteiger partial charge in [-0.1, -0.05) is 36.4 Å². The number of likely N-dealkylation sites (N-methyl/N-ethyl adjacent to an activating group) is 2. The molecule has 448 valence electrons. The summed E-state index contributed by atoms with van der Waals surface area (Å²) >= 11 is 0. The number of hydrogen-bond acceptors (Lipinski definition) is 6. The van der Waals surface area contributed by atoms with E-state index in [1.54, 1.807) is 0 Å². The van der Waals surface area contributed by atoms with E-state index < -0.39 is 11.4 Å². The summed E-state index contributed by atoms with van der Waals surface area (Å²) < 4.78 is 17.6. The zero-order valence-corrected chi connectivity index (χ0v) is 58.9. The van der Waals surface area contributed by atoms with Gasteiger partial charge in [0.2, 0.25) is 22.5 Å². The third-order valence-electron chi connectivity index (χ3n) is 12.2. The van der Waals surface area contributed by atoms with Gasteiger partial charge in [-0.2, -0.15) is 0 Å². The normalized spacial score (nSPS) is 15.1. The maximum absolute atomic E-state index is 6.71. The maximum atomic E-state index is 6.71. The molecule has 4 aliphatic heterocycles. The molecule has 10 rings (SSSR count). The first-order valence-corrected chi connectivity index (χ1v) is 17.9. The Hall–Kier alpha value is -2.39. The van der Waals surface area contributed by atoms with Crippen molar-refractivity contribution in [1.29, 1.82) is 0 Å². The Morgan fingerprint density at radius 1 is 0.377 bits per heavy atom. The number of aromatic nitrogens is 2. The molecular formula is C44H44N6O21W6-36. The Labute approximate surface area is 531 Å². The molecule has 77 heavy (non-hydrogen) atoms. The smallest absolute Gasteiger partial charge is 0.228 e. The van der Waals surface area contributed by atoms with Crippen molar-refractivity contribution in [2.75, 3.05) is 23.9 Å². The standard InChI is InChI=1S/2C22H22N3O.19O.6W/c2*1-21(2)16-9-5-6-10-18(16)25(4)22(21)14-23-20-15-8-7-13-24(3)17(15)11-12-19(20)26-22;;;;;;;;;;;;;;;;;;;;;;;;;/h2*5-14H,1-4H3;;;;;;;;;;;;;;;;;;;;;;;;;/q2*+1;19*-2;;;;;;/t2*22-;;;;;;;;;;;;;;;;;;;;;;;;;/m10........................./s1. The van der Waals surface area contributed by atoms with Gasteiger partial charge in [-0.05, 0) is 75.2 Å². The Balaban J connectivity index is -0.0000000471. The largest absolute Gasteiger partial charge is 2.00 e. The Kier molecular flexibility index (Phi) is 70.1. The minimum absolute atomic E-state index is 0. The van der Waals surface area contributed by atoms with E-state index in [2.05, 4.69) is 134 Å².